The zero-order valence-electron chi connectivity index (χ0n) is 9.68. The van der Waals surface area contributed by atoms with Gasteiger partial charge in [0.05, 0.1) is 0 Å². The predicted octanol–water partition coefficient (Wildman–Crippen LogP) is 3.48. The van der Waals surface area contributed by atoms with E-state index in [-0.39, 0.29) is 0 Å². The van der Waals surface area contributed by atoms with E-state index in [2.05, 4.69) is 10.3 Å². The first kappa shape index (κ1) is 14.5. The van der Waals surface area contributed by atoms with Crippen LogP contribution in [-0.4, -0.2) is 12.0 Å². The minimum Gasteiger partial charge on any atom is -0.373 e. The van der Waals surface area contributed by atoms with Crippen molar-refractivity contribution < 1.29 is 0 Å². The highest BCUT2D eigenvalue weighted by Crippen LogP contribution is 2.00. The molecular weight excluding hydrogens is 160 g/mol. The van der Waals surface area contributed by atoms with E-state index >= 15 is 0 Å². The second kappa shape index (κ2) is 11.0. The topological polar surface area (TPSA) is 24.9 Å². The number of nitrogens with zero attached hydrogens (tertiary/aromatic N) is 1. The van der Waals surface area contributed by atoms with Crippen molar-refractivity contribution in [2.45, 2.75) is 34.6 Å². The number of hydrogen-bond donors (Lipinski definition) is 1. The van der Waals surface area contributed by atoms with E-state index in [9.17, 15) is 0 Å². The molecule has 0 unspecified atom stereocenters. The molecule has 1 aromatic rings. The van der Waals surface area contributed by atoms with Crippen molar-refractivity contribution >= 4 is 5.82 Å². The van der Waals surface area contributed by atoms with Crippen molar-refractivity contribution in [2.75, 3.05) is 12.4 Å². The molecule has 0 aromatic carbocycles. The predicted molar refractivity (Wildman–Crippen MR) is 61.2 cm³/mol. The largest absolute Gasteiger partial charge is 0.373 e. The van der Waals surface area contributed by atoms with Crippen LogP contribution >= 0.6 is 0 Å². The summed E-state index contributed by atoms with van der Waals surface area (Å²) >= 11 is 0. The second-order valence-corrected chi connectivity index (χ2v) is 1.91. The number of anilines is 1. The van der Waals surface area contributed by atoms with Gasteiger partial charge in [-0.2, -0.15) is 0 Å². The molecule has 0 saturated carbocycles. The number of hydrogen-bond acceptors (Lipinski definition) is 2. The summed E-state index contributed by atoms with van der Waals surface area (Å²) in [4.78, 5) is 4.18. The number of pyridine rings is 1. The Hall–Kier alpha value is -1.05. The van der Waals surface area contributed by atoms with Crippen molar-refractivity contribution in [3.05, 3.63) is 23.9 Å². The van der Waals surface area contributed by atoms with Gasteiger partial charge < -0.3 is 5.32 Å². The number of nitrogens with one attached hydrogen (secondary N) is 1. The third-order valence-electron chi connectivity index (χ3n) is 1.14. The fourth-order valence-corrected chi connectivity index (χ4v) is 0.682. The van der Waals surface area contributed by atoms with Crippen molar-refractivity contribution in [1.82, 2.24) is 4.98 Å². The van der Waals surface area contributed by atoms with E-state index < -0.39 is 0 Å². The molecule has 76 valence electrons. The van der Waals surface area contributed by atoms with Gasteiger partial charge in [-0.15, -0.1) is 0 Å². The van der Waals surface area contributed by atoms with Crippen LogP contribution in [0.3, 0.4) is 0 Å². The molecule has 1 heterocycles. The van der Waals surface area contributed by atoms with Gasteiger partial charge in [0.1, 0.15) is 5.82 Å². The summed E-state index contributed by atoms with van der Waals surface area (Å²) < 4.78 is 0. The van der Waals surface area contributed by atoms with Gasteiger partial charge in [-0.25, -0.2) is 4.98 Å². The van der Waals surface area contributed by atoms with E-state index in [1.165, 1.54) is 0 Å². The van der Waals surface area contributed by atoms with Crippen LogP contribution < -0.4 is 5.32 Å². The van der Waals surface area contributed by atoms with Crippen LogP contribution in [0, 0.1) is 6.92 Å². The van der Waals surface area contributed by atoms with Gasteiger partial charge in [-0.3, -0.25) is 0 Å². The lowest BCUT2D eigenvalue weighted by molar-refractivity contribution is 1.19. The van der Waals surface area contributed by atoms with Crippen molar-refractivity contribution in [2.24, 2.45) is 0 Å². The molecule has 0 spiro atoms. The minimum atomic E-state index is 0.926. The molecule has 1 rings (SSSR count). The van der Waals surface area contributed by atoms with E-state index in [0.29, 0.717) is 0 Å². The Morgan fingerprint density at radius 2 is 1.62 bits per heavy atom. The number of aromatic nitrogens is 1. The normalized spacial score (nSPS) is 7.23. The first-order valence-electron chi connectivity index (χ1n) is 4.94. The Bertz CT molecular complexity index is 197. The second-order valence-electron chi connectivity index (χ2n) is 1.91. The standard InChI is InChI=1S/C7H10N2.2C2H6/c1-6-4-3-5-7(8-2)9-6;2*1-2/h3-5H,1-2H3,(H,8,9);2*1-2H3. The molecule has 1 N–H and O–H groups in total. The average Bonchev–Trinajstić information content (AvgIpc) is 2.24. The highest BCUT2D eigenvalue weighted by Gasteiger charge is 1.86. The maximum atomic E-state index is 4.18. The summed E-state index contributed by atoms with van der Waals surface area (Å²) in [5.41, 5.74) is 1.04. The molecule has 0 aliphatic heterocycles. The maximum Gasteiger partial charge on any atom is 0.125 e. The Kier molecular flexibility index (Phi) is 12.2. The van der Waals surface area contributed by atoms with E-state index in [0.717, 1.165) is 11.5 Å². The average molecular weight is 182 g/mol. The van der Waals surface area contributed by atoms with Crippen molar-refractivity contribution in [3.8, 4) is 0 Å². The first-order valence-corrected chi connectivity index (χ1v) is 4.94. The third kappa shape index (κ3) is 7.32. The van der Waals surface area contributed by atoms with Crippen LogP contribution in [0.4, 0.5) is 5.82 Å². The molecule has 1 aromatic heterocycles. The maximum absolute atomic E-state index is 4.18. The van der Waals surface area contributed by atoms with Crippen LogP contribution in [0.25, 0.3) is 0 Å². The molecule has 0 radical (unpaired) electrons. The molecule has 0 bridgehead atoms. The number of rotatable bonds is 1. The lowest BCUT2D eigenvalue weighted by Gasteiger charge is -1.97. The molecule has 13 heavy (non-hydrogen) atoms. The quantitative estimate of drug-likeness (QED) is 0.719. The highest BCUT2D eigenvalue weighted by atomic mass is 15.0. The molecular formula is C11H22N2. The van der Waals surface area contributed by atoms with Gasteiger partial charge in [0.15, 0.2) is 0 Å². The van der Waals surface area contributed by atoms with Crippen molar-refractivity contribution in [1.29, 1.82) is 0 Å². The zero-order chi connectivity index (χ0) is 10.7. The molecule has 0 saturated heterocycles. The molecule has 0 aliphatic carbocycles. The highest BCUT2D eigenvalue weighted by molar-refractivity contribution is 5.33. The smallest absolute Gasteiger partial charge is 0.125 e. The lowest BCUT2D eigenvalue weighted by Crippen LogP contribution is -1.91. The number of aryl methyl sites for hydroxylation is 1. The Labute approximate surface area is 82.4 Å². The van der Waals surface area contributed by atoms with E-state index in [4.69, 9.17) is 0 Å². The molecule has 0 atom stereocenters. The van der Waals surface area contributed by atoms with E-state index in [1.807, 2.05) is 59.9 Å². The molecule has 0 fully saturated rings. The van der Waals surface area contributed by atoms with Gasteiger partial charge in [-0.05, 0) is 19.1 Å². The van der Waals surface area contributed by atoms with Crippen molar-refractivity contribution in [3.63, 3.8) is 0 Å². The third-order valence-corrected chi connectivity index (χ3v) is 1.14. The van der Waals surface area contributed by atoms with Gasteiger partial charge >= 0.3 is 0 Å². The summed E-state index contributed by atoms with van der Waals surface area (Å²) in [7, 11) is 1.86. The fourth-order valence-electron chi connectivity index (χ4n) is 0.682. The van der Waals surface area contributed by atoms with Gasteiger partial charge in [-0.1, -0.05) is 33.8 Å². The van der Waals surface area contributed by atoms with Gasteiger partial charge in [0.25, 0.3) is 0 Å². The van der Waals surface area contributed by atoms with Crippen LogP contribution in [-0.2, 0) is 0 Å². The molecule has 0 amide bonds. The molecule has 0 aliphatic rings. The molecule has 2 heteroatoms. The minimum absolute atomic E-state index is 0.926. The summed E-state index contributed by atoms with van der Waals surface area (Å²) in [6.45, 7) is 9.97. The fraction of sp³-hybridized carbons (Fsp3) is 0.545. The summed E-state index contributed by atoms with van der Waals surface area (Å²) in [5.74, 6) is 0.926. The van der Waals surface area contributed by atoms with E-state index in [1.54, 1.807) is 0 Å². The zero-order valence-corrected chi connectivity index (χ0v) is 9.68. The summed E-state index contributed by atoms with van der Waals surface area (Å²) in [5, 5.41) is 2.96. The summed E-state index contributed by atoms with van der Waals surface area (Å²) in [6, 6.07) is 5.89. The molecule has 2 nitrogen and oxygen atoms in total. The monoisotopic (exact) mass is 182 g/mol. The first-order chi connectivity index (χ1) is 6.33. The Morgan fingerprint density at radius 1 is 1.08 bits per heavy atom. The van der Waals surface area contributed by atoms with Crippen LogP contribution in [0.2, 0.25) is 0 Å². The van der Waals surface area contributed by atoms with Crippen LogP contribution in [0.5, 0.6) is 0 Å². The SMILES string of the molecule is CC.CC.CNc1cccc(C)n1. The van der Waals surface area contributed by atoms with Gasteiger partial charge in [0, 0.05) is 12.7 Å². The Balaban J connectivity index is 0. The van der Waals surface area contributed by atoms with Crippen LogP contribution in [0.1, 0.15) is 33.4 Å². The van der Waals surface area contributed by atoms with Gasteiger partial charge in [0.2, 0.25) is 0 Å². The lowest BCUT2D eigenvalue weighted by atomic mass is 10.4. The summed E-state index contributed by atoms with van der Waals surface area (Å²) in [6.07, 6.45) is 0. The Morgan fingerprint density at radius 3 is 1.92 bits per heavy atom. The van der Waals surface area contributed by atoms with Crippen LogP contribution in [0.15, 0.2) is 18.2 Å².